The van der Waals surface area contributed by atoms with Crippen LogP contribution in [0, 0.1) is 26.9 Å². The van der Waals surface area contributed by atoms with Crippen molar-refractivity contribution in [2.75, 3.05) is 0 Å². The number of hydrogen-bond acceptors (Lipinski definition) is 4. The van der Waals surface area contributed by atoms with Gasteiger partial charge in [0.25, 0.3) is 5.09 Å². The molecule has 0 radical (unpaired) electrons. The molecule has 4 fully saturated rings. The summed E-state index contributed by atoms with van der Waals surface area (Å²) in [5.41, 5.74) is -1.77. The second-order valence-corrected chi connectivity index (χ2v) is 6.90. The largest absolute Gasteiger partial charge is 0.481 e. The summed E-state index contributed by atoms with van der Waals surface area (Å²) in [4.78, 5) is 27.2. The van der Waals surface area contributed by atoms with Gasteiger partial charge in [-0.05, 0) is 49.9 Å². The fraction of sp³-hybridized carbons (Fsp3) is 0.917. The summed E-state index contributed by atoms with van der Waals surface area (Å²) in [6.45, 7) is 2.05. The van der Waals surface area contributed by atoms with Crippen LogP contribution in [0.4, 0.5) is 0 Å². The van der Waals surface area contributed by atoms with E-state index in [1.165, 1.54) is 0 Å². The SMILES string of the molecule is CC12CC3CC(O[N+](=O)[O-])(C1)CC(C(=O)O)(C3)C2. The first kappa shape index (κ1) is 11.7. The van der Waals surface area contributed by atoms with Gasteiger partial charge in [0.05, 0.1) is 5.41 Å². The molecule has 0 aromatic rings. The first-order valence-electron chi connectivity index (χ1n) is 6.34. The molecule has 100 valence electrons. The van der Waals surface area contributed by atoms with E-state index in [1.807, 2.05) is 6.92 Å². The maximum atomic E-state index is 11.6. The highest BCUT2D eigenvalue weighted by Gasteiger charge is 2.66. The molecule has 4 saturated carbocycles. The van der Waals surface area contributed by atoms with E-state index in [0.717, 1.165) is 6.42 Å². The van der Waals surface area contributed by atoms with E-state index in [4.69, 9.17) is 4.84 Å². The molecule has 6 heteroatoms. The van der Waals surface area contributed by atoms with Crippen molar-refractivity contribution in [2.45, 2.75) is 51.0 Å². The molecule has 4 aliphatic rings. The summed E-state index contributed by atoms with van der Waals surface area (Å²) < 4.78 is 0. The Morgan fingerprint density at radius 1 is 1.33 bits per heavy atom. The van der Waals surface area contributed by atoms with Crippen LogP contribution in [-0.2, 0) is 9.63 Å². The molecule has 0 heterocycles. The van der Waals surface area contributed by atoms with Crippen LogP contribution in [0.2, 0.25) is 0 Å². The highest BCUT2D eigenvalue weighted by molar-refractivity contribution is 5.75. The number of aliphatic carboxylic acids is 1. The Morgan fingerprint density at radius 3 is 2.61 bits per heavy atom. The number of hydrogen-bond donors (Lipinski definition) is 1. The zero-order valence-electron chi connectivity index (χ0n) is 10.3. The number of carboxylic acids is 1. The number of carbonyl (C=O) groups is 1. The topological polar surface area (TPSA) is 89.7 Å². The van der Waals surface area contributed by atoms with E-state index in [0.29, 0.717) is 32.1 Å². The van der Waals surface area contributed by atoms with Crippen LogP contribution < -0.4 is 0 Å². The molecule has 4 bridgehead atoms. The number of rotatable bonds is 3. The van der Waals surface area contributed by atoms with Crippen molar-refractivity contribution in [3.05, 3.63) is 10.1 Å². The van der Waals surface area contributed by atoms with E-state index in [2.05, 4.69) is 0 Å². The maximum Gasteiger partial charge on any atom is 0.309 e. The van der Waals surface area contributed by atoms with E-state index >= 15 is 0 Å². The fourth-order valence-electron chi connectivity index (χ4n) is 5.32. The molecule has 1 N–H and O–H groups in total. The van der Waals surface area contributed by atoms with Crippen LogP contribution in [0.1, 0.15) is 45.4 Å². The van der Waals surface area contributed by atoms with Gasteiger partial charge >= 0.3 is 5.97 Å². The third-order valence-electron chi connectivity index (χ3n) is 5.02. The van der Waals surface area contributed by atoms with E-state index in [-0.39, 0.29) is 11.3 Å². The molecule has 4 rings (SSSR count). The molecule has 0 spiro atoms. The summed E-state index contributed by atoms with van der Waals surface area (Å²) in [7, 11) is 0. The summed E-state index contributed by atoms with van der Waals surface area (Å²) in [5, 5.41) is 19.5. The van der Waals surface area contributed by atoms with Gasteiger partial charge in [0.15, 0.2) is 0 Å². The average Bonchev–Trinajstić information content (AvgIpc) is 2.09. The lowest BCUT2D eigenvalue weighted by atomic mass is 9.43. The maximum absolute atomic E-state index is 11.6. The minimum atomic E-state index is -0.851. The Labute approximate surface area is 104 Å². The molecule has 0 aromatic heterocycles. The Morgan fingerprint density at radius 2 is 2.06 bits per heavy atom. The molecule has 0 aliphatic heterocycles. The van der Waals surface area contributed by atoms with E-state index in [1.54, 1.807) is 0 Å². The van der Waals surface area contributed by atoms with Crippen LogP contribution in [0.15, 0.2) is 0 Å². The normalized spacial score (nSPS) is 49.1. The van der Waals surface area contributed by atoms with Crippen LogP contribution in [-0.4, -0.2) is 21.8 Å². The van der Waals surface area contributed by atoms with Gasteiger partial charge < -0.3 is 9.94 Å². The first-order chi connectivity index (χ1) is 8.27. The van der Waals surface area contributed by atoms with Gasteiger partial charge in [-0.15, -0.1) is 10.1 Å². The summed E-state index contributed by atoms with van der Waals surface area (Å²) >= 11 is 0. The fourth-order valence-corrected chi connectivity index (χ4v) is 5.32. The van der Waals surface area contributed by atoms with Crippen molar-refractivity contribution in [3.8, 4) is 0 Å². The predicted molar refractivity (Wildman–Crippen MR) is 60.2 cm³/mol. The smallest absolute Gasteiger partial charge is 0.309 e. The lowest BCUT2D eigenvalue weighted by Crippen LogP contribution is -2.62. The Bertz CT molecular complexity index is 438. The molecule has 18 heavy (non-hydrogen) atoms. The molecule has 0 saturated heterocycles. The number of nitrogens with zero attached hydrogens (tertiary/aromatic N) is 1. The van der Waals surface area contributed by atoms with Crippen molar-refractivity contribution in [2.24, 2.45) is 16.7 Å². The van der Waals surface area contributed by atoms with E-state index < -0.39 is 22.1 Å². The van der Waals surface area contributed by atoms with Gasteiger partial charge in [-0.1, -0.05) is 6.92 Å². The summed E-state index contributed by atoms with van der Waals surface area (Å²) in [6.07, 6.45) is 3.81. The molecular weight excluding hydrogens is 238 g/mol. The molecule has 6 nitrogen and oxygen atoms in total. The van der Waals surface area contributed by atoms with Gasteiger partial charge in [0, 0.05) is 0 Å². The van der Waals surface area contributed by atoms with Gasteiger partial charge in [-0.25, -0.2) is 0 Å². The Kier molecular flexibility index (Phi) is 2.06. The van der Waals surface area contributed by atoms with Crippen molar-refractivity contribution in [3.63, 3.8) is 0 Å². The molecular formula is C12H17NO5. The third-order valence-corrected chi connectivity index (χ3v) is 5.02. The van der Waals surface area contributed by atoms with Crippen LogP contribution in [0.5, 0.6) is 0 Å². The molecule has 4 atom stereocenters. The highest BCUT2D eigenvalue weighted by atomic mass is 17.0. The minimum Gasteiger partial charge on any atom is -0.481 e. The third kappa shape index (κ3) is 1.51. The average molecular weight is 255 g/mol. The lowest BCUT2D eigenvalue weighted by molar-refractivity contribution is -0.786. The van der Waals surface area contributed by atoms with Crippen molar-refractivity contribution in [1.82, 2.24) is 0 Å². The minimum absolute atomic E-state index is 0.117. The molecule has 0 amide bonds. The second-order valence-electron chi connectivity index (χ2n) is 6.90. The van der Waals surface area contributed by atoms with Crippen molar-refractivity contribution >= 4 is 5.97 Å². The Hall–Kier alpha value is -1.33. The van der Waals surface area contributed by atoms with E-state index in [9.17, 15) is 20.0 Å². The predicted octanol–water partition coefficient (Wildman–Crippen LogP) is 2.01. The van der Waals surface area contributed by atoms with Crippen LogP contribution in [0.3, 0.4) is 0 Å². The Balaban J connectivity index is 2.00. The number of carboxylic acid groups (broad SMARTS) is 1. The van der Waals surface area contributed by atoms with Gasteiger partial charge in [-0.2, -0.15) is 0 Å². The molecule has 0 aromatic carbocycles. The summed E-state index contributed by atoms with van der Waals surface area (Å²) in [6, 6.07) is 0. The van der Waals surface area contributed by atoms with Gasteiger partial charge in [0.2, 0.25) is 0 Å². The van der Waals surface area contributed by atoms with Gasteiger partial charge in [0.1, 0.15) is 5.60 Å². The van der Waals surface area contributed by atoms with Crippen LogP contribution in [0.25, 0.3) is 0 Å². The van der Waals surface area contributed by atoms with Crippen molar-refractivity contribution < 1.29 is 19.8 Å². The zero-order valence-corrected chi connectivity index (χ0v) is 10.3. The summed E-state index contributed by atoms with van der Waals surface area (Å²) in [5.74, 6) is -0.559. The second kappa shape index (κ2) is 3.16. The zero-order chi connectivity index (χ0) is 13.2. The van der Waals surface area contributed by atoms with Crippen LogP contribution >= 0.6 is 0 Å². The molecule has 4 unspecified atom stereocenters. The highest BCUT2D eigenvalue weighted by Crippen LogP contribution is 2.67. The quantitative estimate of drug-likeness (QED) is 0.615. The standard InChI is InChI=1S/C12H17NO5/c1-10-2-8-3-11(5-10,9(14)15)7-12(4-8,6-10)18-13(16)17/h8H,2-7H2,1H3,(H,14,15). The molecule has 4 aliphatic carbocycles. The first-order valence-corrected chi connectivity index (χ1v) is 6.34. The van der Waals surface area contributed by atoms with Crippen molar-refractivity contribution in [1.29, 1.82) is 0 Å². The van der Waals surface area contributed by atoms with Gasteiger partial charge in [-0.3, -0.25) is 4.79 Å². The lowest BCUT2D eigenvalue weighted by Gasteiger charge is -2.63. The monoisotopic (exact) mass is 255 g/mol.